The fourth-order valence-electron chi connectivity index (χ4n) is 3.08. The maximum absolute atomic E-state index is 14.2. The first-order chi connectivity index (χ1) is 11.0. The standard InChI is InChI=1S/C17H22F3NO3/c1-15(2,3)24-14(23)21-13(11-6-4-5-7-12(11)18)16(10-22)8-17(19,20)9-16/h4-7,13,22H,8-10H2,1-3H3,(H,21,23). The maximum Gasteiger partial charge on any atom is 0.408 e. The quantitative estimate of drug-likeness (QED) is 0.873. The van der Waals surface area contributed by atoms with Crippen molar-refractivity contribution in [2.24, 2.45) is 5.41 Å². The highest BCUT2D eigenvalue weighted by Crippen LogP contribution is 2.58. The van der Waals surface area contributed by atoms with E-state index in [4.69, 9.17) is 4.74 Å². The van der Waals surface area contributed by atoms with Crippen molar-refractivity contribution in [1.82, 2.24) is 5.32 Å². The molecule has 134 valence electrons. The lowest BCUT2D eigenvalue weighted by Gasteiger charge is -2.51. The molecule has 1 aliphatic rings. The van der Waals surface area contributed by atoms with Crippen molar-refractivity contribution in [3.8, 4) is 0 Å². The zero-order valence-corrected chi connectivity index (χ0v) is 13.9. The van der Waals surface area contributed by atoms with Crippen LogP contribution in [-0.2, 0) is 4.74 Å². The van der Waals surface area contributed by atoms with Crippen molar-refractivity contribution in [3.05, 3.63) is 35.6 Å². The van der Waals surface area contributed by atoms with Gasteiger partial charge in [-0.25, -0.2) is 18.0 Å². The number of amides is 1. The van der Waals surface area contributed by atoms with Gasteiger partial charge in [0.15, 0.2) is 0 Å². The van der Waals surface area contributed by atoms with Gasteiger partial charge in [0.25, 0.3) is 0 Å². The molecule has 1 fully saturated rings. The topological polar surface area (TPSA) is 58.6 Å². The van der Waals surface area contributed by atoms with E-state index in [-0.39, 0.29) is 5.56 Å². The second kappa shape index (κ2) is 6.27. The van der Waals surface area contributed by atoms with E-state index in [0.717, 1.165) is 0 Å². The van der Waals surface area contributed by atoms with E-state index in [2.05, 4.69) is 5.32 Å². The summed E-state index contributed by atoms with van der Waals surface area (Å²) in [5.41, 5.74) is -2.07. The fourth-order valence-corrected chi connectivity index (χ4v) is 3.08. The normalized spacial score (nSPS) is 20.0. The van der Waals surface area contributed by atoms with Crippen LogP contribution < -0.4 is 5.32 Å². The van der Waals surface area contributed by atoms with E-state index < -0.39 is 54.3 Å². The third-order valence-corrected chi connectivity index (χ3v) is 4.03. The zero-order valence-electron chi connectivity index (χ0n) is 13.9. The second-order valence-corrected chi connectivity index (χ2v) is 7.33. The minimum Gasteiger partial charge on any atom is -0.444 e. The molecular formula is C17H22F3NO3. The van der Waals surface area contributed by atoms with Crippen molar-refractivity contribution >= 4 is 6.09 Å². The molecule has 7 heteroatoms. The van der Waals surface area contributed by atoms with E-state index in [0.29, 0.717) is 0 Å². The Kier molecular flexibility index (Phi) is 4.86. The van der Waals surface area contributed by atoms with Crippen molar-refractivity contribution in [2.75, 3.05) is 6.61 Å². The van der Waals surface area contributed by atoms with Gasteiger partial charge < -0.3 is 15.2 Å². The lowest BCUT2D eigenvalue weighted by atomic mass is 9.60. The summed E-state index contributed by atoms with van der Waals surface area (Å²) in [7, 11) is 0. The zero-order chi connectivity index (χ0) is 18.2. The van der Waals surface area contributed by atoms with Gasteiger partial charge in [-0.1, -0.05) is 18.2 Å². The molecule has 1 saturated carbocycles. The summed E-state index contributed by atoms with van der Waals surface area (Å²) in [5, 5.41) is 12.2. The monoisotopic (exact) mass is 345 g/mol. The molecule has 0 aromatic heterocycles. The Morgan fingerprint density at radius 3 is 2.38 bits per heavy atom. The Bertz CT molecular complexity index is 605. The van der Waals surface area contributed by atoms with Crippen molar-refractivity contribution in [2.45, 2.75) is 51.2 Å². The molecule has 1 atom stereocenters. The van der Waals surface area contributed by atoms with Crippen LogP contribution in [0.25, 0.3) is 0 Å². The van der Waals surface area contributed by atoms with E-state index in [1.54, 1.807) is 26.8 Å². The summed E-state index contributed by atoms with van der Waals surface area (Å²) in [6, 6.07) is 4.49. The van der Waals surface area contributed by atoms with E-state index >= 15 is 0 Å². The van der Waals surface area contributed by atoms with Crippen molar-refractivity contribution < 1.29 is 27.8 Å². The molecule has 0 spiro atoms. The first-order valence-electron chi connectivity index (χ1n) is 7.71. The van der Waals surface area contributed by atoms with Gasteiger partial charge in [0.05, 0.1) is 12.6 Å². The lowest BCUT2D eigenvalue weighted by molar-refractivity contribution is -0.189. The van der Waals surface area contributed by atoms with Gasteiger partial charge in [0.1, 0.15) is 11.4 Å². The molecule has 0 saturated heterocycles. The molecule has 2 N–H and O–H groups in total. The average molecular weight is 345 g/mol. The number of hydrogen-bond donors (Lipinski definition) is 2. The van der Waals surface area contributed by atoms with Crippen LogP contribution in [-0.4, -0.2) is 29.3 Å². The SMILES string of the molecule is CC(C)(C)OC(=O)NC(c1ccccc1F)C1(CO)CC(F)(F)C1. The molecule has 1 unspecified atom stereocenters. The fraction of sp³-hybridized carbons (Fsp3) is 0.588. The van der Waals surface area contributed by atoms with E-state index in [1.807, 2.05) is 0 Å². The number of rotatable bonds is 4. The third kappa shape index (κ3) is 4.01. The van der Waals surface area contributed by atoms with Crippen LogP contribution in [0, 0.1) is 11.2 Å². The highest BCUT2D eigenvalue weighted by molar-refractivity contribution is 5.68. The minimum atomic E-state index is -2.94. The van der Waals surface area contributed by atoms with Crippen LogP contribution in [0.3, 0.4) is 0 Å². The Morgan fingerprint density at radius 1 is 1.33 bits per heavy atom. The Balaban J connectivity index is 2.33. The van der Waals surface area contributed by atoms with Gasteiger partial charge >= 0.3 is 6.09 Å². The molecule has 0 heterocycles. The second-order valence-electron chi connectivity index (χ2n) is 7.33. The summed E-state index contributed by atoms with van der Waals surface area (Å²) >= 11 is 0. The molecule has 1 aliphatic carbocycles. The van der Waals surface area contributed by atoms with Gasteiger partial charge in [-0.2, -0.15) is 0 Å². The molecule has 0 aliphatic heterocycles. The molecule has 4 nitrogen and oxygen atoms in total. The maximum atomic E-state index is 14.2. The number of aliphatic hydroxyl groups excluding tert-OH is 1. The van der Waals surface area contributed by atoms with E-state index in [1.165, 1.54) is 18.2 Å². The number of benzene rings is 1. The predicted octanol–water partition coefficient (Wildman–Crippen LogP) is 3.80. The molecule has 0 radical (unpaired) electrons. The van der Waals surface area contributed by atoms with Crippen LogP contribution in [0.1, 0.15) is 45.2 Å². The molecule has 2 rings (SSSR count). The van der Waals surface area contributed by atoms with Crippen LogP contribution in [0.5, 0.6) is 0 Å². The smallest absolute Gasteiger partial charge is 0.408 e. The molecule has 0 bridgehead atoms. The van der Waals surface area contributed by atoms with Gasteiger partial charge in [0, 0.05) is 23.8 Å². The van der Waals surface area contributed by atoms with Crippen LogP contribution in [0.2, 0.25) is 0 Å². The van der Waals surface area contributed by atoms with Crippen LogP contribution >= 0.6 is 0 Å². The summed E-state index contributed by atoms with van der Waals surface area (Å²) in [6.45, 7) is 4.37. The first kappa shape index (κ1) is 18.6. The predicted molar refractivity (Wildman–Crippen MR) is 82.2 cm³/mol. The Morgan fingerprint density at radius 2 is 1.92 bits per heavy atom. The Labute approximate surface area is 139 Å². The summed E-state index contributed by atoms with van der Waals surface area (Å²) in [5.74, 6) is -3.58. The summed E-state index contributed by atoms with van der Waals surface area (Å²) in [4.78, 5) is 12.1. The van der Waals surface area contributed by atoms with Gasteiger partial charge in [-0.15, -0.1) is 0 Å². The highest BCUT2D eigenvalue weighted by atomic mass is 19.3. The largest absolute Gasteiger partial charge is 0.444 e. The number of alkyl carbamates (subject to hydrolysis) is 1. The molecule has 24 heavy (non-hydrogen) atoms. The summed E-state index contributed by atoms with van der Waals surface area (Å²) in [6.07, 6.45) is -2.12. The number of carbonyl (C=O) groups is 1. The minimum absolute atomic E-state index is 0.0490. The van der Waals surface area contributed by atoms with Gasteiger partial charge in [-0.05, 0) is 26.8 Å². The first-order valence-corrected chi connectivity index (χ1v) is 7.71. The Hall–Kier alpha value is -1.76. The van der Waals surface area contributed by atoms with Crippen molar-refractivity contribution in [1.29, 1.82) is 0 Å². The molecule has 1 amide bonds. The molecular weight excluding hydrogens is 323 g/mol. The highest BCUT2D eigenvalue weighted by Gasteiger charge is 2.61. The number of ether oxygens (including phenoxy) is 1. The number of hydrogen-bond acceptors (Lipinski definition) is 3. The number of alkyl halides is 2. The summed E-state index contributed by atoms with van der Waals surface area (Å²) < 4.78 is 46.2. The van der Waals surface area contributed by atoms with Crippen LogP contribution in [0.15, 0.2) is 24.3 Å². The van der Waals surface area contributed by atoms with Gasteiger partial charge in [0.2, 0.25) is 5.92 Å². The average Bonchev–Trinajstić information content (AvgIpc) is 2.40. The van der Waals surface area contributed by atoms with Crippen molar-refractivity contribution in [3.63, 3.8) is 0 Å². The number of aliphatic hydroxyl groups is 1. The molecule has 1 aromatic rings. The lowest BCUT2D eigenvalue weighted by Crippen LogP contribution is -2.56. The molecule has 1 aromatic carbocycles. The van der Waals surface area contributed by atoms with E-state index in [9.17, 15) is 23.1 Å². The number of carbonyl (C=O) groups excluding carboxylic acids is 1. The van der Waals surface area contributed by atoms with Crippen LogP contribution in [0.4, 0.5) is 18.0 Å². The third-order valence-electron chi connectivity index (χ3n) is 4.03. The number of nitrogens with one attached hydrogen (secondary N) is 1. The number of halogens is 3. The van der Waals surface area contributed by atoms with Gasteiger partial charge in [-0.3, -0.25) is 0 Å².